The van der Waals surface area contributed by atoms with Crippen LogP contribution in [-0.4, -0.2) is 15.0 Å². The van der Waals surface area contributed by atoms with Gasteiger partial charge >= 0.3 is 130 Å². The second-order valence-corrected chi connectivity index (χ2v) is 7.53. The molecule has 21 heavy (non-hydrogen) atoms. The topological polar surface area (TPSA) is 0 Å². The molecule has 0 aliphatic rings. The third kappa shape index (κ3) is 2.58. The van der Waals surface area contributed by atoms with Crippen molar-refractivity contribution in [3.63, 3.8) is 0 Å². The Morgan fingerprint density at radius 2 is 1.05 bits per heavy atom. The first-order chi connectivity index (χ1) is 10.4. The normalized spacial score (nSPS) is 11.0. The van der Waals surface area contributed by atoms with E-state index in [1.165, 1.54) is 30.5 Å². The van der Waals surface area contributed by atoms with Gasteiger partial charge < -0.3 is 0 Å². The number of hydrogen-bond acceptors (Lipinski definition) is 0. The molecular formula is C20H14Se. The Balaban J connectivity index is 1.80. The van der Waals surface area contributed by atoms with E-state index < -0.39 is 0 Å². The van der Waals surface area contributed by atoms with E-state index in [1.807, 2.05) is 0 Å². The van der Waals surface area contributed by atoms with Crippen molar-refractivity contribution in [2.24, 2.45) is 0 Å². The van der Waals surface area contributed by atoms with Gasteiger partial charge in [-0.1, -0.05) is 0 Å². The van der Waals surface area contributed by atoms with E-state index >= 15 is 0 Å². The number of fused-ring (bicyclic) bond motifs is 2. The average molecular weight is 333 g/mol. The van der Waals surface area contributed by atoms with Crippen LogP contribution in [0.4, 0.5) is 0 Å². The van der Waals surface area contributed by atoms with Crippen molar-refractivity contribution >= 4 is 45.4 Å². The monoisotopic (exact) mass is 334 g/mol. The van der Waals surface area contributed by atoms with Crippen LogP contribution in [0.15, 0.2) is 84.9 Å². The molecule has 0 nitrogen and oxygen atoms in total. The van der Waals surface area contributed by atoms with Gasteiger partial charge in [-0.3, -0.25) is 0 Å². The molecule has 4 aromatic rings. The van der Waals surface area contributed by atoms with Crippen LogP contribution in [0.2, 0.25) is 0 Å². The summed E-state index contributed by atoms with van der Waals surface area (Å²) in [5.74, 6) is 0. The van der Waals surface area contributed by atoms with Gasteiger partial charge in [0.15, 0.2) is 0 Å². The second-order valence-electron chi connectivity index (χ2n) is 5.12. The molecule has 0 spiro atoms. The van der Waals surface area contributed by atoms with Gasteiger partial charge in [-0.25, -0.2) is 0 Å². The molecule has 0 atom stereocenters. The second kappa shape index (κ2) is 5.37. The predicted molar refractivity (Wildman–Crippen MR) is 92.9 cm³/mol. The fourth-order valence-electron chi connectivity index (χ4n) is 2.61. The molecule has 1 heteroatoms. The summed E-state index contributed by atoms with van der Waals surface area (Å²) in [6, 6.07) is 30.7. The Morgan fingerprint density at radius 3 is 1.81 bits per heavy atom. The molecule has 0 saturated heterocycles. The molecule has 0 fully saturated rings. The van der Waals surface area contributed by atoms with Crippen molar-refractivity contribution in [3.8, 4) is 0 Å². The van der Waals surface area contributed by atoms with Crippen molar-refractivity contribution in [1.29, 1.82) is 0 Å². The number of rotatable bonds is 2. The van der Waals surface area contributed by atoms with Gasteiger partial charge in [0.25, 0.3) is 0 Å². The Hall–Kier alpha value is -2.08. The van der Waals surface area contributed by atoms with Gasteiger partial charge in [0.2, 0.25) is 0 Å². The van der Waals surface area contributed by atoms with Gasteiger partial charge in [-0.2, -0.15) is 0 Å². The van der Waals surface area contributed by atoms with E-state index in [-0.39, 0.29) is 0 Å². The van der Waals surface area contributed by atoms with E-state index in [4.69, 9.17) is 0 Å². The fourth-order valence-corrected chi connectivity index (χ4v) is 4.47. The van der Waals surface area contributed by atoms with Crippen LogP contribution < -0.4 is 8.92 Å². The van der Waals surface area contributed by atoms with Crippen LogP contribution >= 0.6 is 0 Å². The maximum absolute atomic E-state index is 2.34. The summed E-state index contributed by atoms with van der Waals surface area (Å²) in [7, 11) is 0. The van der Waals surface area contributed by atoms with Crippen LogP contribution in [0, 0.1) is 0 Å². The molecule has 0 unspecified atom stereocenters. The van der Waals surface area contributed by atoms with E-state index in [2.05, 4.69) is 84.9 Å². The first-order valence-electron chi connectivity index (χ1n) is 7.04. The summed E-state index contributed by atoms with van der Waals surface area (Å²) >= 11 is 0.376. The van der Waals surface area contributed by atoms with Crippen molar-refractivity contribution < 1.29 is 0 Å². The Bertz CT molecular complexity index is 910. The number of benzene rings is 4. The van der Waals surface area contributed by atoms with Crippen LogP contribution in [0.5, 0.6) is 0 Å². The SMILES string of the molecule is c1ccc([Se]c2ccc3cc4ccccc4cc3c2)cc1. The first kappa shape index (κ1) is 12.6. The van der Waals surface area contributed by atoms with E-state index in [9.17, 15) is 0 Å². The third-order valence-corrected chi connectivity index (χ3v) is 5.75. The summed E-state index contributed by atoms with van der Waals surface area (Å²) in [6.07, 6.45) is 0. The Morgan fingerprint density at radius 1 is 0.429 bits per heavy atom. The van der Waals surface area contributed by atoms with E-state index in [1.54, 1.807) is 0 Å². The summed E-state index contributed by atoms with van der Waals surface area (Å²) in [4.78, 5) is 0. The molecular weight excluding hydrogens is 319 g/mol. The molecule has 0 saturated carbocycles. The standard InChI is InChI=1S/C20H14Se/c1-2-8-19(9-3-1)21-20-11-10-17-12-15-6-4-5-7-16(15)13-18(17)14-20/h1-14H. The van der Waals surface area contributed by atoms with Gasteiger partial charge in [0, 0.05) is 0 Å². The molecule has 0 aromatic heterocycles. The molecule has 0 amide bonds. The van der Waals surface area contributed by atoms with E-state index in [0.717, 1.165) is 0 Å². The Kier molecular flexibility index (Phi) is 3.23. The van der Waals surface area contributed by atoms with Crippen molar-refractivity contribution in [2.45, 2.75) is 0 Å². The molecule has 4 rings (SSSR count). The minimum absolute atomic E-state index is 0.376. The molecule has 0 bridgehead atoms. The summed E-state index contributed by atoms with van der Waals surface area (Å²) in [5, 5.41) is 5.28. The van der Waals surface area contributed by atoms with Gasteiger partial charge in [-0.15, -0.1) is 0 Å². The first-order valence-corrected chi connectivity index (χ1v) is 8.75. The molecule has 0 aliphatic carbocycles. The molecule has 0 heterocycles. The zero-order valence-electron chi connectivity index (χ0n) is 11.5. The van der Waals surface area contributed by atoms with Crippen LogP contribution in [-0.2, 0) is 0 Å². The average Bonchev–Trinajstić information content (AvgIpc) is 2.54. The third-order valence-electron chi connectivity index (χ3n) is 3.66. The summed E-state index contributed by atoms with van der Waals surface area (Å²) in [6.45, 7) is 0. The molecule has 0 radical (unpaired) electrons. The zero-order valence-corrected chi connectivity index (χ0v) is 13.2. The molecule has 0 N–H and O–H groups in total. The van der Waals surface area contributed by atoms with Gasteiger partial charge in [0.1, 0.15) is 0 Å². The molecule has 0 aliphatic heterocycles. The Labute approximate surface area is 130 Å². The number of hydrogen-bond donors (Lipinski definition) is 0. The van der Waals surface area contributed by atoms with Crippen LogP contribution in [0.25, 0.3) is 21.5 Å². The maximum atomic E-state index is 2.34. The van der Waals surface area contributed by atoms with Crippen molar-refractivity contribution in [1.82, 2.24) is 0 Å². The van der Waals surface area contributed by atoms with Gasteiger partial charge in [-0.05, 0) is 0 Å². The summed E-state index contributed by atoms with van der Waals surface area (Å²) < 4.78 is 2.85. The van der Waals surface area contributed by atoms with E-state index in [0.29, 0.717) is 15.0 Å². The molecule has 100 valence electrons. The quantitative estimate of drug-likeness (QED) is 0.388. The van der Waals surface area contributed by atoms with Crippen LogP contribution in [0.1, 0.15) is 0 Å². The van der Waals surface area contributed by atoms with Crippen LogP contribution in [0.3, 0.4) is 0 Å². The van der Waals surface area contributed by atoms with Crippen molar-refractivity contribution in [2.75, 3.05) is 0 Å². The predicted octanol–water partition coefficient (Wildman–Crippen LogP) is 3.65. The fraction of sp³-hybridized carbons (Fsp3) is 0. The van der Waals surface area contributed by atoms with Gasteiger partial charge in [0.05, 0.1) is 0 Å². The summed E-state index contributed by atoms with van der Waals surface area (Å²) in [5.41, 5.74) is 0. The zero-order chi connectivity index (χ0) is 14.1. The van der Waals surface area contributed by atoms with Crippen molar-refractivity contribution in [3.05, 3.63) is 84.9 Å². The molecule has 4 aromatic carbocycles. The minimum atomic E-state index is 0.376.